The molecule has 2 N–H and O–H groups in total. The lowest BCUT2D eigenvalue weighted by Gasteiger charge is -2.22. The molecular weight excluding hydrogens is 418 g/mol. The molecule has 1 aliphatic rings. The largest absolute Gasteiger partial charge is 0.389 e. The molecule has 0 spiro atoms. The van der Waals surface area contributed by atoms with Gasteiger partial charge >= 0.3 is 0 Å². The Morgan fingerprint density at radius 3 is 2.41 bits per heavy atom. The SMILES string of the molecule is CC.CCCCCNS(=O)Oc1ccc(N/N=C\C2=C(C)c3ccccc3C2(C)C)cc1. The fraction of sp³-hybridized carbons (Fsp3) is 0.423. The van der Waals surface area contributed by atoms with Crippen LogP contribution in [0.5, 0.6) is 5.75 Å². The van der Waals surface area contributed by atoms with E-state index in [0.29, 0.717) is 12.3 Å². The highest BCUT2D eigenvalue weighted by atomic mass is 32.2. The van der Waals surface area contributed by atoms with Crippen LogP contribution in [0.3, 0.4) is 0 Å². The Labute approximate surface area is 196 Å². The second-order valence-electron chi connectivity index (χ2n) is 8.02. The van der Waals surface area contributed by atoms with Crippen molar-refractivity contribution in [2.75, 3.05) is 12.0 Å². The number of hydrogen-bond donors (Lipinski definition) is 2. The van der Waals surface area contributed by atoms with E-state index in [4.69, 9.17) is 4.18 Å². The van der Waals surface area contributed by atoms with E-state index in [1.165, 1.54) is 22.3 Å². The lowest BCUT2D eigenvalue weighted by atomic mass is 9.82. The minimum atomic E-state index is -1.53. The van der Waals surface area contributed by atoms with E-state index >= 15 is 0 Å². The second-order valence-corrected chi connectivity index (χ2v) is 8.95. The maximum atomic E-state index is 11.9. The lowest BCUT2D eigenvalue weighted by Crippen LogP contribution is -2.22. The predicted octanol–water partition coefficient (Wildman–Crippen LogP) is 6.61. The van der Waals surface area contributed by atoms with Crippen molar-refractivity contribution >= 4 is 28.7 Å². The van der Waals surface area contributed by atoms with Gasteiger partial charge < -0.3 is 4.18 Å². The van der Waals surface area contributed by atoms with Gasteiger partial charge in [0, 0.05) is 12.0 Å². The molecule has 32 heavy (non-hydrogen) atoms. The van der Waals surface area contributed by atoms with Gasteiger partial charge in [-0.15, -0.1) is 0 Å². The molecule has 0 fully saturated rings. The summed E-state index contributed by atoms with van der Waals surface area (Å²) in [5.41, 5.74) is 8.94. The van der Waals surface area contributed by atoms with Crippen molar-refractivity contribution in [1.82, 2.24) is 4.72 Å². The van der Waals surface area contributed by atoms with Crippen LogP contribution < -0.4 is 14.3 Å². The number of unbranched alkanes of at least 4 members (excludes halogenated alkanes) is 2. The average Bonchev–Trinajstić information content (AvgIpc) is 3.00. The first-order valence-electron chi connectivity index (χ1n) is 11.5. The van der Waals surface area contributed by atoms with Crippen LogP contribution in [-0.2, 0) is 16.7 Å². The molecule has 0 aliphatic heterocycles. The molecule has 0 aromatic heterocycles. The van der Waals surface area contributed by atoms with Gasteiger partial charge in [-0.2, -0.15) is 9.31 Å². The van der Waals surface area contributed by atoms with Gasteiger partial charge in [0.25, 0.3) is 11.3 Å². The van der Waals surface area contributed by atoms with E-state index in [0.717, 1.165) is 24.9 Å². The van der Waals surface area contributed by atoms with Crippen LogP contribution in [0.1, 0.15) is 71.9 Å². The van der Waals surface area contributed by atoms with Gasteiger partial charge in [-0.1, -0.05) is 71.7 Å². The highest BCUT2D eigenvalue weighted by molar-refractivity contribution is 7.78. The minimum absolute atomic E-state index is 0.0717. The molecule has 1 unspecified atom stereocenters. The normalized spacial score (nSPS) is 15.2. The predicted molar refractivity (Wildman–Crippen MR) is 138 cm³/mol. The monoisotopic (exact) mass is 455 g/mol. The molecule has 5 nitrogen and oxygen atoms in total. The van der Waals surface area contributed by atoms with Gasteiger partial charge in [-0.25, -0.2) is 4.72 Å². The molecule has 0 saturated carbocycles. The van der Waals surface area contributed by atoms with E-state index in [1.807, 2.05) is 32.2 Å². The van der Waals surface area contributed by atoms with Gasteiger partial charge in [-0.3, -0.25) is 5.43 Å². The number of benzene rings is 2. The van der Waals surface area contributed by atoms with Crippen molar-refractivity contribution < 1.29 is 8.39 Å². The Morgan fingerprint density at radius 2 is 1.75 bits per heavy atom. The van der Waals surface area contributed by atoms with Gasteiger partial charge in [0.05, 0.1) is 11.9 Å². The molecule has 2 aromatic carbocycles. The highest BCUT2D eigenvalue weighted by Gasteiger charge is 2.34. The summed E-state index contributed by atoms with van der Waals surface area (Å²) in [5.74, 6) is 0.553. The van der Waals surface area contributed by atoms with E-state index in [2.05, 4.69) is 67.2 Å². The zero-order valence-corrected chi connectivity index (χ0v) is 21.0. The summed E-state index contributed by atoms with van der Waals surface area (Å²) in [6.07, 6.45) is 5.15. The molecule has 3 rings (SSSR count). The topological polar surface area (TPSA) is 62.7 Å². The van der Waals surface area contributed by atoms with E-state index in [9.17, 15) is 4.21 Å². The van der Waals surface area contributed by atoms with E-state index in [1.54, 1.807) is 12.1 Å². The zero-order valence-electron chi connectivity index (χ0n) is 20.2. The fourth-order valence-corrected chi connectivity index (χ4v) is 4.43. The third-order valence-corrected chi connectivity index (χ3v) is 6.28. The second kappa shape index (κ2) is 12.6. The highest BCUT2D eigenvalue weighted by Crippen LogP contribution is 2.44. The zero-order chi connectivity index (χ0) is 23.6. The summed E-state index contributed by atoms with van der Waals surface area (Å²) in [6.45, 7) is 13.4. The van der Waals surface area contributed by atoms with Crippen LogP contribution in [0, 0.1) is 0 Å². The Bertz CT molecular complexity index is 950. The summed E-state index contributed by atoms with van der Waals surface area (Å²) in [4.78, 5) is 0. The number of nitrogens with zero attached hydrogens (tertiary/aromatic N) is 1. The maximum absolute atomic E-state index is 11.9. The van der Waals surface area contributed by atoms with Gasteiger partial charge in [-0.05, 0) is 59.9 Å². The number of hydrogen-bond acceptors (Lipinski definition) is 4. The van der Waals surface area contributed by atoms with E-state index < -0.39 is 11.3 Å². The molecule has 1 atom stereocenters. The molecule has 0 heterocycles. The van der Waals surface area contributed by atoms with Crippen LogP contribution in [-0.4, -0.2) is 17.0 Å². The first kappa shape index (κ1) is 25.8. The number of fused-ring (bicyclic) bond motifs is 1. The summed E-state index contributed by atoms with van der Waals surface area (Å²) >= 11 is -1.53. The first-order valence-corrected chi connectivity index (χ1v) is 12.5. The third-order valence-electron chi connectivity index (χ3n) is 5.50. The number of anilines is 1. The standard InChI is InChI=1S/C24H31N3O2S.C2H6/c1-5-6-9-16-26-30(28)29-20-14-12-19(13-15-20)27-25-17-23-18(2)21-10-7-8-11-22(21)24(23,3)4;1-2/h7-8,10-15,17,26-27H,5-6,9,16H2,1-4H3;1-2H3/b25-17-;. The van der Waals surface area contributed by atoms with Gasteiger partial charge in [0.15, 0.2) is 0 Å². The molecule has 0 radical (unpaired) electrons. The van der Waals surface area contributed by atoms with Crippen molar-refractivity contribution in [3.05, 3.63) is 65.2 Å². The summed E-state index contributed by atoms with van der Waals surface area (Å²) < 4.78 is 20.2. The van der Waals surface area contributed by atoms with Crippen molar-refractivity contribution in [1.29, 1.82) is 0 Å². The van der Waals surface area contributed by atoms with Gasteiger partial charge in [0.1, 0.15) is 5.75 Å². The number of allylic oxidation sites excluding steroid dienone is 2. The third kappa shape index (κ3) is 6.53. The molecule has 174 valence electrons. The van der Waals surface area contributed by atoms with Crippen molar-refractivity contribution in [2.45, 2.75) is 66.2 Å². The Morgan fingerprint density at radius 1 is 1.06 bits per heavy atom. The average molecular weight is 456 g/mol. The van der Waals surface area contributed by atoms with Gasteiger partial charge in [0.2, 0.25) is 0 Å². The summed E-state index contributed by atoms with van der Waals surface area (Å²) in [5, 5.41) is 4.46. The van der Waals surface area contributed by atoms with Crippen molar-refractivity contribution in [3.8, 4) is 5.75 Å². The Hall–Kier alpha value is -2.44. The quantitative estimate of drug-likeness (QED) is 0.241. The van der Waals surface area contributed by atoms with E-state index in [-0.39, 0.29) is 5.41 Å². The smallest absolute Gasteiger partial charge is 0.287 e. The van der Waals surface area contributed by atoms with Crippen molar-refractivity contribution in [3.63, 3.8) is 0 Å². The van der Waals surface area contributed by atoms with Crippen LogP contribution in [0.15, 0.2) is 59.2 Å². The van der Waals surface area contributed by atoms with Crippen LogP contribution in [0.25, 0.3) is 5.57 Å². The first-order chi connectivity index (χ1) is 15.4. The Balaban J connectivity index is 0.00000176. The molecule has 2 aromatic rings. The minimum Gasteiger partial charge on any atom is -0.389 e. The van der Waals surface area contributed by atoms with Crippen LogP contribution in [0.2, 0.25) is 0 Å². The fourth-order valence-electron chi connectivity index (χ4n) is 3.78. The number of nitrogens with one attached hydrogen (secondary N) is 2. The van der Waals surface area contributed by atoms with Crippen molar-refractivity contribution in [2.24, 2.45) is 5.10 Å². The summed E-state index contributed by atoms with van der Waals surface area (Å²) in [7, 11) is 0. The Kier molecular flexibility index (Phi) is 10.1. The molecule has 0 amide bonds. The maximum Gasteiger partial charge on any atom is 0.287 e. The van der Waals surface area contributed by atoms with Crippen LogP contribution in [0.4, 0.5) is 5.69 Å². The molecular formula is C26H37N3O2S. The molecule has 1 aliphatic carbocycles. The molecule has 0 bridgehead atoms. The number of rotatable bonds is 10. The van der Waals surface area contributed by atoms with Crippen LogP contribution >= 0.6 is 0 Å². The molecule has 6 heteroatoms. The lowest BCUT2D eigenvalue weighted by molar-refractivity contribution is 0.544. The number of hydrazone groups is 1. The molecule has 0 saturated heterocycles. The summed E-state index contributed by atoms with van der Waals surface area (Å²) in [6, 6.07) is 15.8.